The van der Waals surface area contributed by atoms with Gasteiger partial charge in [0, 0.05) is 0 Å². The second-order valence-electron chi connectivity index (χ2n) is 3.97. The molecule has 9 heavy (non-hydrogen) atoms. The molecule has 1 nitrogen and oxygen atoms in total. The van der Waals surface area contributed by atoms with Crippen molar-refractivity contribution in [3.8, 4) is 0 Å². The molecule has 3 rings (SSSR count). The van der Waals surface area contributed by atoms with E-state index in [1.54, 1.807) is 0 Å². The van der Waals surface area contributed by atoms with Gasteiger partial charge in [0.15, 0.2) is 0 Å². The van der Waals surface area contributed by atoms with Crippen LogP contribution in [0.4, 0.5) is 0 Å². The molecule has 1 heteroatoms. The third-order valence-corrected chi connectivity index (χ3v) is 3.08. The molecule has 0 radical (unpaired) electrons. The maximum atomic E-state index is 5.96. The first kappa shape index (κ1) is 4.73. The van der Waals surface area contributed by atoms with Crippen LogP contribution in [0.5, 0.6) is 0 Å². The Morgan fingerprint density at radius 2 is 1.00 bits per heavy atom. The second-order valence-corrected chi connectivity index (χ2v) is 3.97. The predicted molar refractivity (Wildman–Crippen MR) is 34.2 cm³/mol. The molecule has 0 aromatic carbocycles. The molecule has 50 valence electrons. The third kappa shape index (κ3) is 0.536. The number of hydrogen-bond donors (Lipinski definition) is 0. The Hall–Kier alpha value is -0.0400. The average molecular weight is 124 g/mol. The highest BCUT2D eigenvalue weighted by Gasteiger charge is 2.60. The fraction of sp³-hybridized carbons (Fsp3) is 1.00. The molecule has 0 N–H and O–H groups in total. The minimum absolute atomic E-state index is 0.441. The third-order valence-electron chi connectivity index (χ3n) is 3.08. The van der Waals surface area contributed by atoms with Crippen molar-refractivity contribution in [3.63, 3.8) is 0 Å². The van der Waals surface area contributed by atoms with Crippen LogP contribution in [0.2, 0.25) is 0 Å². The SMILES string of the molecule is C1CC12CCC1(CC1)O2. The summed E-state index contributed by atoms with van der Waals surface area (Å²) < 4.78 is 5.96. The maximum Gasteiger partial charge on any atom is 0.0693 e. The van der Waals surface area contributed by atoms with Gasteiger partial charge in [-0.2, -0.15) is 0 Å². The van der Waals surface area contributed by atoms with Crippen molar-refractivity contribution in [1.82, 2.24) is 0 Å². The summed E-state index contributed by atoms with van der Waals surface area (Å²) >= 11 is 0. The Labute approximate surface area is 55.4 Å². The molecule has 3 aliphatic rings. The van der Waals surface area contributed by atoms with Crippen LogP contribution < -0.4 is 0 Å². The van der Waals surface area contributed by atoms with Crippen molar-refractivity contribution in [2.75, 3.05) is 0 Å². The summed E-state index contributed by atoms with van der Waals surface area (Å²) in [5, 5.41) is 0. The minimum Gasteiger partial charge on any atom is -0.369 e. The molecule has 1 aliphatic heterocycles. The van der Waals surface area contributed by atoms with Gasteiger partial charge < -0.3 is 4.74 Å². The molecule has 0 bridgehead atoms. The van der Waals surface area contributed by atoms with Crippen LogP contribution in [0.25, 0.3) is 0 Å². The smallest absolute Gasteiger partial charge is 0.0693 e. The van der Waals surface area contributed by atoms with Crippen molar-refractivity contribution in [3.05, 3.63) is 0 Å². The van der Waals surface area contributed by atoms with Crippen molar-refractivity contribution >= 4 is 0 Å². The van der Waals surface area contributed by atoms with Gasteiger partial charge in [-0.25, -0.2) is 0 Å². The minimum atomic E-state index is 0.441. The monoisotopic (exact) mass is 124 g/mol. The lowest BCUT2D eigenvalue weighted by Crippen LogP contribution is -2.11. The molecule has 0 aromatic heterocycles. The van der Waals surface area contributed by atoms with E-state index >= 15 is 0 Å². The van der Waals surface area contributed by atoms with E-state index in [0.29, 0.717) is 11.2 Å². The zero-order valence-corrected chi connectivity index (χ0v) is 5.65. The summed E-state index contributed by atoms with van der Waals surface area (Å²) in [6.45, 7) is 0. The van der Waals surface area contributed by atoms with Crippen LogP contribution in [-0.4, -0.2) is 11.2 Å². The van der Waals surface area contributed by atoms with Gasteiger partial charge in [-0.1, -0.05) is 0 Å². The Balaban J connectivity index is 1.86. The highest BCUT2D eigenvalue weighted by Crippen LogP contribution is 2.61. The summed E-state index contributed by atoms with van der Waals surface area (Å²) in [5.74, 6) is 0. The number of rotatable bonds is 0. The first-order chi connectivity index (χ1) is 4.33. The number of hydrogen-bond acceptors (Lipinski definition) is 1. The molecule has 3 fully saturated rings. The number of ether oxygens (including phenoxy) is 1. The fourth-order valence-corrected chi connectivity index (χ4v) is 2.00. The van der Waals surface area contributed by atoms with E-state index in [4.69, 9.17) is 4.74 Å². The Bertz CT molecular complexity index is 136. The van der Waals surface area contributed by atoms with Crippen LogP contribution in [0.15, 0.2) is 0 Å². The van der Waals surface area contributed by atoms with Crippen molar-refractivity contribution in [1.29, 1.82) is 0 Å². The molecule has 1 saturated heterocycles. The van der Waals surface area contributed by atoms with Crippen molar-refractivity contribution in [2.45, 2.75) is 49.7 Å². The first-order valence-electron chi connectivity index (χ1n) is 4.03. The maximum absolute atomic E-state index is 5.96. The van der Waals surface area contributed by atoms with Gasteiger partial charge in [-0.3, -0.25) is 0 Å². The molecule has 2 spiro atoms. The van der Waals surface area contributed by atoms with E-state index in [-0.39, 0.29) is 0 Å². The largest absolute Gasteiger partial charge is 0.369 e. The topological polar surface area (TPSA) is 9.23 Å². The molecule has 2 saturated carbocycles. The fourth-order valence-electron chi connectivity index (χ4n) is 2.00. The zero-order valence-electron chi connectivity index (χ0n) is 5.65. The van der Waals surface area contributed by atoms with Crippen molar-refractivity contribution < 1.29 is 4.74 Å². The second kappa shape index (κ2) is 1.07. The summed E-state index contributed by atoms with van der Waals surface area (Å²) in [5.41, 5.74) is 0.882. The van der Waals surface area contributed by atoms with E-state index in [1.165, 1.54) is 38.5 Å². The lowest BCUT2D eigenvalue weighted by molar-refractivity contribution is 0.0117. The normalized spacial score (nSPS) is 40.0. The molecule has 0 aromatic rings. The van der Waals surface area contributed by atoms with E-state index in [9.17, 15) is 0 Å². The Kier molecular flexibility index (Phi) is 0.563. The molecule has 2 aliphatic carbocycles. The van der Waals surface area contributed by atoms with Crippen LogP contribution in [0.3, 0.4) is 0 Å². The van der Waals surface area contributed by atoms with E-state index in [2.05, 4.69) is 0 Å². The highest BCUT2D eigenvalue weighted by molar-refractivity contribution is 5.11. The van der Waals surface area contributed by atoms with Crippen molar-refractivity contribution in [2.24, 2.45) is 0 Å². The van der Waals surface area contributed by atoms with Crippen LogP contribution >= 0.6 is 0 Å². The Morgan fingerprint density at radius 3 is 1.22 bits per heavy atom. The lowest BCUT2D eigenvalue weighted by atomic mass is 10.2. The van der Waals surface area contributed by atoms with Gasteiger partial charge in [-0.05, 0) is 38.5 Å². The zero-order chi connectivity index (χ0) is 5.95. The predicted octanol–water partition coefficient (Wildman–Crippen LogP) is 1.86. The quantitative estimate of drug-likeness (QED) is 0.479. The van der Waals surface area contributed by atoms with E-state index in [0.717, 1.165) is 0 Å². The summed E-state index contributed by atoms with van der Waals surface area (Å²) in [4.78, 5) is 0. The van der Waals surface area contributed by atoms with Gasteiger partial charge in [0.05, 0.1) is 11.2 Å². The highest BCUT2D eigenvalue weighted by atomic mass is 16.5. The van der Waals surface area contributed by atoms with E-state index in [1.807, 2.05) is 0 Å². The molecule has 0 amide bonds. The van der Waals surface area contributed by atoms with Crippen LogP contribution in [0.1, 0.15) is 38.5 Å². The van der Waals surface area contributed by atoms with Crippen LogP contribution in [0, 0.1) is 0 Å². The molecule has 0 atom stereocenters. The van der Waals surface area contributed by atoms with E-state index < -0.39 is 0 Å². The molecule has 1 heterocycles. The molecular formula is C8H12O. The van der Waals surface area contributed by atoms with Crippen LogP contribution in [-0.2, 0) is 4.74 Å². The van der Waals surface area contributed by atoms with Gasteiger partial charge in [0.25, 0.3) is 0 Å². The first-order valence-corrected chi connectivity index (χ1v) is 4.03. The lowest BCUT2D eigenvalue weighted by Gasteiger charge is -2.08. The standard InChI is InChI=1S/C8H12O/c1-2-7(1)5-6-8(9-7)3-4-8/h1-6H2. The summed E-state index contributed by atoms with van der Waals surface area (Å²) in [6, 6.07) is 0. The van der Waals surface area contributed by atoms with Gasteiger partial charge in [0.1, 0.15) is 0 Å². The summed E-state index contributed by atoms with van der Waals surface area (Å²) in [7, 11) is 0. The molecule has 0 unspecified atom stereocenters. The Morgan fingerprint density at radius 1 is 0.667 bits per heavy atom. The van der Waals surface area contributed by atoms with Gasteiger partial charge in [-0.15, -0.1) is 0 Å². The average Bonchev–Trinajstić information content (AvgIpc) is 2.62. The molecular weight excluding hydrogens is 112 g/mol. The van der Waals surface area contributed by atoms with Gasteiger partial charge >= 0.3 is 0 Å². The summed E-state index contributed by atoms with van der Waals surface area (Å²) in [6.07, 6.45) is 8.16. The van der Waals surface area contributed by atoms with Gasteiger partial charge in [0.2, 0.25) is 0 Å².